The highest BCUT2D eigenvalue weighted by molar-refractivity contribution is 5.98. The maximum atomic E-state index is 10.6. The summed E-state index contributed by atoms with van der Waals surface area (Å²) in [6.45, 7) is 0. The molecule has 0 atom stereocenters. The van der Waals surface area contributed by atoms with Gasteiger partial charge in [-0.15, -0.1) is 0 Å². The molecule has 0 aliphatic heterocycles. The summed E-state index contributed by atoms with van der Waals surface area (Å²) >= 11 is 0. The van der Waals surface area contributed by atoms with Crippen LogP contribution in [0.1, 0.15) is 38.1 Å². The van der Waals surface area contributed by atoms with Gasteiger partial charge in [-0.3, -0.25) is 0 Å². The van der Waals surface area contributed by atoms with E-state index in [9.17, 15) is 5.11 Å². The van der Waals surface area contributed by atoms with Crippen molar-refractivity contribution in [2.24, 2.45) is 0 Å². The second-order valence-electron chi connectivity index (χ2n) is 8.48. The van der Waals surface area contributed by atoms with Gasteiger partial charge in [0.1, 0.15) is 29.3 Å². The number of nitrogens with two attached hydrogens (primary N) is 1. The Morgan fingerprint density at radius 1 is 1.06 bits per heavy atom. The molecule has 2 heterocycles. The van der Waals surface area contributed by atoms with Crippen molar-refractivity contribution >= 4 is 16.9 Å². The number of aromatic nitrogens is 4. The lowest BCUT2D eigenvalue weighted by molar-refractivity contribution is -0.00405. The van der Waals surface area contributed by atoms with Crippen LogP contribution in [0.4, 0.5) is 5.82 Å². The van der Waals surface area contributed by atoms with E-state index < -0.39 is 5.60 Å². The van der Waals surface area contributed by atoms with Gasteiger partial charge in [-0.05, 0) is 62.1 Å². The zero-order valence-corrected chi connectivity index (χ0v) is 18.1. The second-order valence-corrected chi connectivity index (χ2v) is 8.48. The molecule has 8 nitrogen and oxygen atoms in total. The molecule has 3 N–H and O–H groups in total. The van der Waals surface area contributed by atoms with Crippen LogP contribution < -0.4 is 10.5 Å². The summed E-state index contributed by atoms with van der Waals surface area (Å²) in [6.07, 6.45) is 4.12. The molecule has 0 radical (unpaired) electrons. The molecule has 1 fully saturated rings. The summed E-state index contributed by atoms with van der Waals surface area (Å²) in [4.78, 5) is 8.66. The van der Waals surface area contributed by atoms with Crippen molar-refractivity contribution in [2.45, 2.75) is 43.7 Å². The van der Waals surface area contributed by atoms with Crippen molar-refractivity contribution in [1.29, 1.82) is 5.26 Å². The largest absolute Gasteiger partial charge is 0.457 e. The fourth-order valence-electron chi connectivity index (χ4n) is 4.47. The van der Waals surface area contributed by atoms with Crippen molar-refractivity contribution in [1.82, 2.24) is 19.7 Å². The number of nitriles is 1. The molecule has 5 rings (SSSR count). The van der Waals surface area contributed by atoms with Gasteiger partial charge in [0.15, 0.2) is 5.65 Å². The number of benzene rings is 2. The minimum absolute atomic E-state index is 0.0650. The standard InChI is InChI=1S/C25H24N6O2/c26-15-14-25(32)12-10-18(11-13-25)31-24-21(23(27)28-16-29-24)22(30-31)17-6-8-20(9-7-17)33-19-4-2-1-3-5-19/h1-9,16,18,32H,10-14H2,(H2,27,28,29)/t18-,25-. The number of aliphatic hydroxyl groups is 1. The maximum Gasteiger partial charge on any atom is 0.164 e. The van der Waals surface area contributed by atoms with E-state index >= 15 is 0 Å². The molecule has 0 unspecified atom stereocenters. The Morgan fingerprint density at radius 3 is 2.45 bits per heavy atom. The van der Waals surface area contributed by atoms with E-state index in [1.165, 1.54) is 6.33 Å². The Morgan fingerprint density at radius 2 is 1.76 bits per heavy atom. The number of hydrogen-bond donors (Lipinski definition) is 2. The fraction of sp³-hybridized carbons (Fsp3) is 0.280. The molecule has 4 aromatic rings. The van der Waals surface area contributed by atoms with E-state index in [1.807, 2.05) is 59.3 Å². The smallest absolute Gasteiger partial charge is 0.164 e. The number of ether oxygens (including phenoxy) is 1. The number of para-hydroxylation sites is 1. The monoisotopic (exact) mass is 440 g/mol. The first-order chi connectivity index (χ1) is 16.1. The van der Waals surface area contributed by atoms with E-state index in [2.05, 4.69) is 16.0 Å². The van der Waals surface area contributed by atoms with Crippen LogP contribution in [0.15, 0.2) is 60.9 Å². The summed E-state index contributed by atoms with van der Waals surface area (Å²) in [5.74, 6) is 1.87. The minimum Gasteiger partial charge on any atom is -0.457 e. The lowest BCUT2D eigenvalue weighted by Crippen LogP contribution is -2.34. The topological polar surface area (TPSA) is 123 Å². The Labute approximate surface area is 191 Å². The van der Waals surface area contributed by atoms with Gasteiger partial charge in [0.25, 0.3) is 0 Å². The number of nitrogens with zero attached hydrogens (tertiary/aromatic N) is 5. The molecule has 0 bridgehead atoms. The van der Waals surface area contributed by atoms with Crippen molar-refractivity contribution in [3.05, 3.63) is 60.9 Å². The van der Waals surface area contributed by atoms with Crippen LogP contribution in [-0.4, -0.2) is 30.5 Å². The van der Waals surface area contributed by atoms with Crippen LogP contribution >= 0.6 is 0 Å². The van der Waals surface area contributed by atoms with E-state index in [-0.39, 0.29) is 12.5 Å². The molecule has 0 amide bonds. The molecule has 1 aliphatic rings. The lowest BCUT2D eigenvalue weighted by atomic mass is 9.80. The summed E-state index contributed by atoms with van der Waals surface area (Å²) in [7, 11) is 0. The van der Waals surface area contributed by atoms with E-state index in [4.69, 9.17) is 20.8 Å². The third kappa shape index (κ3) is 4.11. The zero-order valence-electron chi connectivity index (χ0n) is 18.1. The Hall–Kier alpha value is -3.96. The summed E-state index contributed by atoms with van der Waals surface area (Å²) in [5, 5.41) is 25.2. The van der Waals surface area contributed by atoms with E-state index in [1.54, 1.807) is 0 Å². The molecule has 0 spiro atoms. The van der Waals surface area contributed by atoms with E-state index in [0.29, 0.717) is 48.2 Å². The molecule has 1 saturated carbocycles. The van der Waals surface area contributed by atoms with Crippen LogP contribution in [0.2, 0.25) is 0 Å². The van der Waals surface area contributed by atoms with Gasteiger partial charge in [0, 0.05) is 5.56 Å². The lowest BCUT2D eigenvalue weighted by Gasteiger charge is -2.34. The first kappa shape index (κ1) is 20.9. The predicted octanol–water partition coefficient (Wildman–Crippen LogP) is 4.63. The number of rotatable bonds is 5. The van der Waals surface area contributed by atoms with Crippen LogP contribution in [0.3, 0.4) is 0 Å². The van der Waals surface area contributed by atoms with Crippen LogP contribution in [0, 0.1) is 11.3 Å². The average molecular weight is 441 g/mol. The van der Waals surface area contributed by atoms with Gasteiger partial charge in [-0.1, -0.05) is 18.2 Å². The Balaban J connectivity index is 1.46. The predicted molar refractivity (Wildman–Crippen MR) is 124 cm³/mol. The molecule has 8 heteroatoms. The summed E-state index contributed by atoms with van der Waals surface area (Å²) < 4.78 is 7.80. The van der Waals surface area contributed by atoms with Crippen LogP contribution in [-0.2, 0) is 0 Å². The SMILES string of the molecule is N#CC[C@]1(O)CC[C@H](n2nc(-c3ccc(Oc4ccccc4)cc3)c3c(N)ncnc32)CC1. The highest BCUT2D eigenvalue weighted by Gasteiger charge is 2.35. The van der Waals surface area contributed by atoms with Crippen molar-refractivity contribution in [3.8, 4) is 28.8 Å². The molecule has 0 saturated heterocycles. The third-order valence-electron chi connectivity index (χ3n) is 6.26. The van der Waals surface area contributed by atoms with Crippen molar-refractivity contribution in [2.75, 3.05) is 5.73 Å². The van der Waals surface area contributed by atoms with Crippen molar-refractivity contribution in [3.63, 3.8) is 0 Å². The molecule has 166 valence electrons. The zero-order chi connectivity index (χ0) is 22.8. The maximum absolute atomic E-state index is 10.6. The normalized spacial score (nSPS) is 20.4. The molecule has 33 heavy (non-hydrogen) atoms. The first-order valence-corrected chi connectivity index (χ1v) is 11.0. The van der Waals surface area contributed by atoms with E-state index in [0.717, 1.165) is 17.1 Å². The van der Waals surface area contributed by atoms with Gasteiger partial charge in [0.2, 0.25) is 0 Å². The quantitative estimate of drug-likeness (QED) is 0.464. The highest BCUT2D eigenvalue weighted by atomic mass is 16.5. The van der Waals surface area contributed by atoms with Crippen LogP contribution in [0.25, 0.3) is 22.3 Å². The third-order valence-corrected chi connectivity index (χ3v) is 6.26. The number of nitrogen functional groups attached to an aromatic ring is 1. The van der Waals surface area contributed by atoms with Gasteiger partial charge in [0.05, 0.1) is 29.5 Å². The molecule has 1 aliphatic carbocycles. The molecular weight excluding hydrogens is 416 g/mol. The first-order valence-electron chi connectivity index (χ1n) is 11.0. The van der Waals surface area contributed by atoms with Gasteiger partial charge in [-0.25, -0.2) is 14.6 Å². The molecule has 2 aromatic heterocycles. The number of fused-ring (bicyclic) bond motifs is 1. The minimum atomic E-state index is -0.917. The molecular formula is C25H24N6O2. The summed E-state index contributed by atoms with van der Waals surface area (Å²) in [6, 6.07) is 19.5. The number of hydrogen-bond acceptors (Lipinski definition) is 7. The van der Waals surface area contributed by atoms with Gasteiger partial charge < -0.3 is 15.6 Å². The summed E-state index contributed by atoms with van der Waals surface area (Å²) in [5.41, 5.74) is 7.61. The Bertz CT molecular complexity index is 1300. The second kappa shape index (κ2) is 8.52. The highest BCUT2D eigenvalue weighted by Crippen LogP contribution is 2.40. The molecule has 2 aromatic carbocycles. The van der Waals surface area contributed by atoms with Gasteiger partial charge in [-0.2, -0.15) is 10.4 Å². The average Bonchev–Trinajstić information content (AvgIpc) is 3.22. The Kier molecular flexibility index (Phi) is 5.40. The number of anilines is 1. The van der Waals surface area contributed by atoms with Gasteiger partial charge >= 0.3 is 0 Å². The van der Waals surface area contributed by atoms with Crippen molar-refractivity contribution < 1.29 is 9.84 Å². The fourth-order valence-corrected chi connectivity index (χ4v) is 4.47. The van der Waals surface area contributed by atoms with Crippen LogP contribution in [0.5, 0.6) is 11.5 Å².